The second-order valence-electron chi connectivity index (χ2n) is 6.65. The highest BCUT2D eigenvalue weighted by Gasteiger charge is 2.24. The molecule has 0 bridgehead atoms. The third-order valence-corrected chi connectivity index (χ3v) is 4.73. The van der Waals surface area contributed by atoms with Crippen LogP contribution in [0.15, 0.2) is 40.9 Å². The van der Waals surface area contributed by atoms with E-state index in [1.54, 1.807) is 13.0 Å². The van der Waals surface area contributed by atoms with E-state index in [0.29, 0.717) is 27.5 Å². The van der Waals surface area contributed by atoms with Crippen LogP contribution >= 0.6 is 0 Å². The molecule has 0 aliphatic rings. The Morgan fingerprint density at radius 3 is 2.44 bits per heavy atom. The number of furan rings is 1. The number of benzene rings is 2. The first-order valence-corrected chi connectivity index (χ1v) is 8.15. The Morgan fingerprint density at radius 2 is 1.68 bits per heavy atom. The minimum Gasteiger partial charge on any atom is -0.455 e. The van der Waals surface area contributed by atoms with Crippen molar-refractivity contribution in [3.8, 4) is 11.3 Å². The quantitative estimate of drug-likeness (QED) is 0.432. The smallest absolute Gasteiger partial charge is 0.216 e. The maximum absolute atomic E-state index is 14.8. The highest BCUT2D eigenvalue weighted by molar-refractivity contribution is 6.10. The van der Waals surface area contributed by atoms with Crippen molar-refractivity contribution in [2.45, 2.75) is 20.8 Å². The minimum atomic E-state index is -0.355. The van der Waals surface area contributed by atoms with Gasteiger partial charge >= 0.3 is 0 Å². The summed E-state index contributed by atoms with van der Waals surface area (Å²) in [6, 6.07) is 8.55. The van der Waals surface area contributed by atoms with Gasteiger partial charge in [-0.25, -0.2) is 13.3 Å². The highest BCUT2D eigenvalue weighted by Crippen LogP contribution is 2.39. The summed E-state index contributed by atoms with van der Waals surface area (Å²) < 4.78 is 36.6. The Bertz CT molecular complexity index is 1160. The van der Waals surface area contributed by atoms with Crippen molar-refractivity contribution in [2.24, 2.45) is 7.05 Å². The maximum atomic E-state index is 14.8. The van der Waals surface area contributed by atoms with Crippen LogP contribution in [-0.4, -0.2) is 0 Å². The van der Waals surface area contributed by atoms with E-state index < -0.39 is 0 Å². The fourth-order valence-electron chi connectivity index (χ4n) is 3.40. The molecule has 4 heteroatoms. The van der Waals surface area contributed by atoms with Crippen LogP contribution in [0.2, 0.25) is 0 Å². The Hall–Kier alpha value is -2.75. The zero-order valence-corrected chi connectivity index (χ0v) is 14.6. The number of halogens is 2. The van der Waals surface area contributed by atoms with Gasteiger partial charge in [-0.3, -0.25) is 0 Å². The van der Waals surface area contributed by atoms with E-state index in [2.05, 4.69) is 0 Å². The van der Waals surface area contributed by atoms with Crippen LogP contribution < -0.4 is 4.57 Å². The van der Waals surface area contributed by atoms with Gasteiger partial charge in [0, 0.05) is 23.6 Å². The standard InChI is InChI=1S/C21H18F2NO/c1-11-5-6-24(4)17(7-11)19-13(3)9-16(23)20-14-8-12(2)15(22)10-18(14)25-21(19)20/h5-10H,1-4H3/q+1. The Kier molecular flexibility index (Phi) is 3.39. The van der Waals surface area contributed by atoms with Gasteiger partial charge in [-0.05, 0) is 49.6 Å². The first-order valence-electron chi connectivity index (χ1n) is 8.15. The molecule has 0 aliphatic carbocycles. The number of hydrogen-bond donors (Lipinski definition) is 0. The summed E-state index contributed by atoms with van der Waals surface area (Å²) in [5.41, 5.74) is 4.93. The SMILES string of the molecule is Cc1cc[n+](C)c(-c2c(C)cc(F)c3c2oc2cc(F)c(C)cc23)c1. The normalized spacial score (nSPS) is 11.6. The molecule has 0 atom stereocenters. The van der Waals surface area contributed by atoms with E-state index in [1.165, 1.54) is 12.1 Å². The summed E-state index contributed by atoms with van der Waals surface area (Å²) in [6.07, 6.45) is 1.96. The third kappa shape index (κ3) is 2.32. The molecule has 2 heterocycles. The van der Waals surface area contributed by atoms with Crippen LogP contribution in [-0.2, 0) is 7.05 Å². The summed E-state index contributed by atoms with van der Waals surface area (Å²) in [5, 5.41) is 1.00. The van der Waals surface area contributed by atoms with Crippen LogP contribution in [0.3, 0.4) is 0 Å². The first kappa shape index (κ1) is 15.8. The molecule has 0 fully saturated rings. The van der Waals surface area contributed by atoms with Crippen molar-refractivity contribution >= 4 is 21.9 Å². The number of pyridine rings is 1. The van der Waals surface area contributed by atoms with Gasteiger partial charge in [-0.2, -0.15) is 0 Å². The number of aromatic nitrogens is 1. The number of hydrogen-bond acceptors (Lipinski definition) is 1. The van der Waals surface area contributed by atoms with Gasteiger partial charge in [-0.15, -0.1) is 0 Å². The lowest BCUT2D eigenvalue weighted by Crippen LogP contribution is -2.30. The second kappa shape index (κ2) is 5.38. The molecule has 0 aliphatic heterocycles. The van der Waals surface area contributed by atoms with Crippen molar-refractivity contribution in [1.29, 1.82) is 0 Å². The van der Waals surface area contributed by atoms with Crippen LogP contribution in [0.1, 0.15) is 16.7 Å². The van der Waals surface area contributed by atoms with Crippen molar-refractivity contribution < 1.29 is 17.8 Å². The van der Waals surface area contributed by atoms with Gasteiger partial charge in [-0.1, -0.05) is 0 Å². The lowest BCUT2D eigenvalue weighted by Gasteiger charge is -2.07. The number of nitrogens with zero attached hydrogens (tertiary/aromatic N) is 1. The van der Waals surface area contributed by atoms with Gasteiger partial charge in [0.15, 0.2) is 11.8 Å². The molecule has 126 valence electrons. The van der Waals surface area contributed by atoms with E-state index in [1.807, 2.05) is 43.8 Å². The van der Waals surface area contributed by atoms with Gasteiger partial charge in [0.2, 0.25) is 5.69 Å². The third-order valence-electron chi connectivity index (χ3n) is 4.73. The van der Waals surface area contributed by atoms with Crippen molar-refractivity contribution in [2.75, 3.05) is 0 Å². The molecule has 0 spiro atoms. The molecule has 2 aromatic carbocycles. The Labute approximate surface area is 144 Å². The van der Waals surface area contributed by atoms with Gasteiger partial charge in [0.25, 0.3) is 0 Å². The molecular formula is C21H18F2NO+. The molecule has 0 unspecified atom stereocenters. The van der Waals surface area contributed by atoms with Crippen molar-refractivity contribution in [1.82, 2.24) is 0 Å². The van der Waals surface area contributed by atoms with Crippen molar-refractivity contribution in [3.05, 3.63) is 64.9 Å². The number of fused-ring (bicyclic) bond motifs is 3. The monoisotopic (exact) mass is 338 g/mol. The summed E-state index contributed by atoms with van der Waals surface area (Å²) in [6.45, 7) is 5.54. The molecular weight excluding hydrogens is 320 g/mol. The van der Waals surface area contributed by atoms with Gasteiger partial charge in [0.1, 0.15) is 24.3 Å². The molecule has 0 radical (unpaired) electrons. The van der Waals surface area contributed by atoms with Crippen LogP contribution in [0.25, 0.3) is 33.2 Å². The molecule has 2 aromatic heterocycles. The Morgan fingerprint density at radius 1 is 0.920 bits per heavy atom. The first-order chi connectivity index (χ1) is 11.9. The second-order valence-corrected chi connectivity index (χ2v) is 6.65. The molecule has 25 heavy (non-hydrogen) atoms. The topological polar surface area (TPSA) is 17.0 Å². The zero-order valence-electron chi connectivity index (χ0n) is 14.6. The van der Waals surface area contributed by atoms with E-state index >= 15 is 0 Å². The van der Waals surface area contributed by atoms with E-state index in [-0.39, 0.29) is 11.6 Å². The average molecular weight is 338 g/mol. The summed E-state index contributed by atoms with van der Waals surface area (Å²) in [4.78, 5) is 0. The largest absolute Gasteiger partial charge is 0.455 e. The van der Waals surface area contributed by atoms with E-state index in [9.17, 15) is 8.78 Å². The average Bonchev–Trinajstić information content (AvgIpc) is 2.89. The molecule has 0 amide bonds. The lowest BCUT2D eigenvalue weighted by molar-refractivity contribution is -0.660. The molecule has 0 saturated carbocycles. The molecule has 0 saturated heterocycles. The fraction of sp³-hybridized carbons (Fsp3) is 0.190. The van der Waals surface area contributed by atoms with Gasteiger partial charge < -0.3 is 4.42 Å². The molecule has 2 nitrogen and oxygen atoms in total. The lowest BCUT2D eigenvalue weighted by atomic mass is 9.99. The van der Waals surface area contributed by atoms with Crippen LogP contribution in [0.5, 0.6) is 0 Å². The maximum Gasteiger partial charge on any atom is 0.216 e. The van der Waals surface area contributed by atoms with E-state index in [4.69, 9.17) is 4.42 Å². The predicted molar refractivity (Wildman–Crippen MR) is 94.5 cm³/mol. The molecule has 0 N–H and O–H groups in total. The van der Waals surface area contributed by atoms with E-state index in [0.717, 1.165) is 22.4 Å². The number of aryl methyl sites for hydroxylation is 4. The minimum absolute atomic E-state index is 0.351. The molecule has 4 rings (SSSR count). The Balaban J connectivity index is 2.20. The van der Waals surface area contributed by atoms with Crippen LogP contribution in [0.4, 0.5) is 8.78 Å². The van der Waals surface area contributed by atoms with Gasteiger partial charge in [0.05, 0.1) is 10.9 Å². The predicted octanol–water partition coefficient (Wildman–Crippen LogP) is 5.28. The molecule has 4 aromatic rings. The van der Waals surface area contributed by atoms with Crippen molar-refractivity contribution in [3.63, 3.8) is 0 Å². The summed E-state index contributed by atoms with van der Waals surface area (Å²) >= 11 is 0. The zero-order chi connectivity index (χ0) is 17.9. The summed E-state index contributed by atoms with van der Waals surface area (Å²) in [5.74, 6) is -0.706. The van der Waals surface area contributed by atoms with Crippen LogP contribution in [0, 0.1) is 32.4 Å². The fourth-order valence-corrected chi connectivity index (χ4v) is 3.40. The summed E-state index contributed by atoms with van der Waals surface area (Å²) in [7, 11) is 1.94. The number of rotatable bonds is 1. The highest BCUT2D eigenvalue weighted by atomic mass is 19.1.